The summed E-state index contributed by atoms with van der Waals surface area (Å²) in [5.41, 5.74) is 3.21. The molecule has 108 valence electrons. The summed E-state index contributed by atoms with van der Waals surface area (Å²) in [4.78, 5) is 4.39. The molecule has 0 aliphatic heterocycles. The molecule has 1 aromatic heterocycles. The molecule has 0 spiro atoms. The van der Waals surface area contributed by atoms with E-state index in [9.17, 15) is 5.26 Å². The van der Waals surface area contributed by atoms with Crippen LogP contribution in [0.25, 0.3) is 0 Å². The molecule has 0 radical (unpaired) electrons. The molecule has 0 unspecified atom stereocenters. The number of nitrogens with zero attached hydrogens (tertiary/aromatic N) is 5. The average molecular weight is 307 g/mol. The van der Waals surface area contributed by atoms with Crippen molar-refractivity contribution in [3.8, 4) is 12.1 Å². The normalized spacial score (nSPS) is 10.4. The third-order valence-electron chi connectivity index (χ3n) is 2.96. The maximum absolute atomic E-state index is 9.34. The molecular formula is C16H13N5S. The summed E-state index contributed by atoms with van der Waals surface area (Å²) in [5.74, 6) is 0.255. The summed E-state index contributed by atoms with van der Waals surface area (Å²) in [6.07, 6.45) is 0. The van der Waals surface area contributed by atoms with Crippen molar-refractivity contribution in [2.75, 3.05) is 5.75 Å². The highest BCUT2D eigenvalue weighted by atomic mass is 32.2. The van der Waals surface area contributed by atoms with Gasteiger partial charge in [-0.1, -0.05) is 30.0 Å². The molecule has 5 nitrogen and oxygen atoms in total. The average Bonchev–Trinajstić information content (AvgIpc) is 2.53. The number of hydrogen-bond acceptors (Lipinski definition) is 6. The Morgan fingerprint density at radius 2 is 1.86 bits per heavy atom. The molecule has 1 heterocycles. The predicted molar refractivity (Wildman–Crippen MR) is 85.4 cm³/mol. The van der Waals surface area contributed by atoms with Crippen LogP contribution >= 0.6 is 11.8 Å². The molecule has 6 heteroatoms. The lowest BCUT2D eigenvalue weighted by atomic mass is 10.1. The number of aryl methyl sites for hydroxylation is 1. The van der Waals surface area contributed by atoms with Gasteiger partial charge in [0.2, 0.25) is 0 Å². The lowest BCUT2D eigenvalue weighted by Gasteiger charge is -2.09. The Balaban J connectivity index is 2.43. The standard InChI is InChI=1S/C16H13N5S/c1-11-14(10-18)16(22-9-8-17)19-12(2)15(11)21-20-13-6-4-3-5-7-13/h3-7H,9H2,1-2H3. The Bertz CT molecular complexity index is 785. The molecule has 0 aliphatic rings. The van der Waals surface area contributed by atoms with E-state index in [2.05, 4.69) is 21.3 Å². The molecule has 22 heavy (non-hydrogen) atoms. The minimum Gasteiger partial charge on any atom is -0.243 e. The van der Waals surface area contributed by atoms with Crippen LogP contribution in [0.3, 0.4) is 0 Å². The van der Waals surface area contributed by atoms with Gasteiger partial charge < -0.3 is 0 Å². The Labute approximate surface area is 133 Å². The van der Waals surface area contributed by atoms with Crippen LogP contribution in [0.1, 0.15) is 16.8 Å². The highest BCUT2D eigenvalue weighted by molar-refractivity contribution is 7.99. The van der Waals surface area contributed by atoms with Crippen molar-refractivity contribution in [2.45, 2.75) is 18.9 Å². The third-order valence-corrected chi connectivity index (χ3v) is 3.81. The molecule has 0 saturated heterocycles. The van der Waals surface area contributed by atoms with Gasteiger partial charge in [-0.25, -0.2) is 4.98 Å². The first-order chi connectivity index (χ1) is 10.7. The van der Waals surface area contributed by atoms with Gasteiger partial charge in [-0.15, -0.1) is 5.11 Å². The number of pyridine rings is 1. The van der Waals surface area contributed by atoms with E-state index < -0.39 is 0 Å². The SMILES string of the molecule is Cc1nc(SCC#N)c(C#N)c(C)c1N=Nc1ccccc1. The van der Waals surface area contributed by atoms with Gasteiger partial charge in [0, 0.05) is 0 Å². The van der Waals surface area contributed by atoms with Gasteiger partial charge in [-0.05, 0) is 31.5 Å². The Kier molecular flexibility index (Phi) is 5.24. The zero-order chi connectivity index (χ0) is 15.9. The number of benzene rings is 1. The van der Waals surface area contributed by atoms with E-state index in [-0.39, 0.29) is 5.75 Å². The Morgan fingerprint density at radius 3 is 2.50 bits per heavy atom. The molecule has 0 fully saturated rings. The number of azo groups is 1. The zero-order valence-corrected chi connectivity index (χ0v) is 13.1. The fourth-order valence-electron chi connectivity index (χ4n) is 1.90. The van der Waals surface area contributed by atoms with Gasteiger partial charge in [0.05, 0.1) is 28.8 Å². The van der Waals surface area contributed by atoms with Gasteiger partial charge >= 0.3 is 0 Å². The maximum atomic E-state index is 9.34. The molecule has 0 amide bonds. The summed E-state index contributed by atoms with van der Waals surface area (Å²) in [7, 11) is 0. The molecule has 2 rings (SSSR count). The van der Waals surface area contributed by atoms with Gasteiger partial charge in [0.15, 0.2) is 0 Å². The van der Waals surface area contributed by atoms with Gasteiger partial charge in [0.25, 0.3) is 0 Å². The minimum absolute atomic E-state index is 0.255. The minimum atomic E-state index is 0.255. The van der Waals surface area contributed by atoms with E-state index in [4.69, 9.17) is 5.26 Å². The molecule has 0 aliphatic carbocycles. The van der Waals surface area contributed by atoms with Crippen LogP contribution in [0, 0.1) is 36.5 Å². The van der Waals surface area contributed by atoms with Crippen LogP contribution in [-0.4, -0.2) is 10.7 Å². The van der Waals surface area contributed by atoms with Gasteiger partial charge in [0.1, 0.15) is 16.8 Å². The first kappa shape index (κ1) is 15.7. The fraction of sp³-hybridized carbons (Fsp3) is 0.188. The van der Waals surface area contributed by atoms with Crippen LogP contribution in [0.5, 0.6) is 0 Å². The third kappa shape index (κ3) is 3.49. The van der Waals surface area contributed by atoms with E-state index >= 15 is 0 Å². The van der Waals surface area contributed by atoms with Gasteiger partial charge in [-0.3, -0.25) is 0 Å². The molecule has 2 aromatic rings. The summed E-state index contributed by atoms with van der Waals surface area (Å²) >= 11 is 1.26. The van der Waals surface area contributed by atoms with Gasteiger partial charge in [-0.2, -0.15) is 15.6 Å². The van der Waals surface area contributed by atoms with E-state index in [1.165, 1.54) is 11.8 Å². The topological polar surface area (TPSA) is 85.2 Å². The molecule has 0 saturated carbocycles. The van der Waals surface area contributed by atoms with Crippen molar-refractivity contribution in [1.82, 2.24) is 4.98 Å². The number of nitriles is 2. The van der Waals surface area contributed by atoms with Crippen LogP contribution in [-0.2, 0) is 0 Å². The second-order valence-electron chi connectivity index (χ2n) is 4.45. The quantitative estimate of drug-likeness (QED) is 0.610. The molecule has 0 bridgehead atoms. The van der Waals surface area contributed by atoms with Crippen LogP contribution < -0.4 is 0 Å². The maximum Gasteiger partial charge on any atom is 0.116 e. The van der Waals surface area contributed by atoms with E-state index in [1.54, 1.807) is 0 Å². The first-order valence-electron chi connectivity index (χ1n) is 6.55. The molecule has 0 atom stereocenters. The number of rotatable bonds is 4. The smallest absolute Gasteiger partial charge is 0.116 e. The van der Waals surface area contributed by atoms with Crippen molar-refractivity contribution in [2.24, 2.45) is 10.2 Å². The number of aromatic nitrogens is 1. The highest BCUT2D eigenvalue weighted by Gasteiger charge is 2.15. The van der Waals surface area contributed by atoms with Crippen LogP contribution in [0.15, 0.2) is 45.6 Å². The van der Waals surface area contributed by atoms with Crippen molar-refractivity contribution >= 4 is 23.1 Å². The lowest BCUT2D eigenvalue weighted by Crippen LogP contribution is -1.96. The summed E-state index contributed by atoms with van der Waals surface area (Å²) in [6.45, 7) is 3.65. The Hall–Kier alpha value is -2.70. The summed E-state index contributed by atoms with van der Waals surface area (Å²) < 4.78 is 0. The fourth-order valence-corrected chi connectivity index (χ4v) is 2.64. The van der Waals surface area contributed by atoms with Crippen molar-refractivity contribution in [3.05, 3.63) is 47.2 Å². The molecule has 0 N–H and O–H groups in total. The largest absolute Gasteiger partial charge is 0.243 e. The van der Waals surface area contributed by atoms with Crippen molar-refractivity contribution < 1.29 is 0 Å². The number of hydrogen-bond donors (Lipinski definition) is 0. The second kappa shape index (κ2) is 7.35. The van der Waals surface area contributed by atoms with E-state index in [0.29, 0.717) is 22.0 Å². The lowest BCUT2D eigenvalue weighted by molar-refractivity contribution is 1.01. The highest BCUT2D eigenvalue weighted by Crippen LogP contribution is 2.32. The first-order valence-corrected chi connectivity index (χ1v) is 7.53. The second-order valence-corrected chi connectivity index (χ2v) is 5.41. The van der Waals surface area contributed by atoms with Crippen molar-refractivity contribution in [1.29, 1.82) is 10.5 Å². The molecule has 1 aromatic carbocycles. The zero-order valence-electron chi connectivity index (χ0n) is 12.2. The summed E-state index contributed by atoms with van der Waals surface area (Å²) in [6, 6.07) is 13.6. The van der Waals surface area contributed by atoms with Crippen LogP contribution in [0.4, 0.5) is 11.4 Å². The van der Waals surface area contributed by atoms with E-state index in [1.807, 2.05) is 50.2 Å². The van der Waals surface area contributed by atoms with Crippen molar-refractivity contribution in [3.63, 3.8) is 0 Å². The monoisotopic (exact) mass is 307 g/mol. The predicted octanol–water partition coefficient (Wildman–Crippen LogP) is 4.60. The molecular weight excluding hydrogens is 294 g/mol. The van der Waals surface area contributed by atoms with Crippen LogP contribution in [0.2, 0.25) is 0 Å². The van der Waals surface area contributed by atoms with E-state index in [0.717, 1.165) is 11.3 Å². The Morgan fingerprint density at radius 1 is 1.14 bits per heavy atom. The summed E-state index contributed by atoms with van der Waals surface area (Å²) in [5, 5.41) is 27.0. The number of thioether (sulfide) groups is 1.